The molecule has 6 heteroatoms. The molecular formula is C17H22N2O3S. The number of aryl methyl sites for hydroxylation is 1. The third-order valence-electron chi connectivity index (χ3n) is 4.26. The molecule has 0 radical (unpaired) electrons. The zero-order valence-corrected chi connectivity index (χ0v) is 14.7. The van der Waals surface area contributed by atoms with Crippen molar-refractivity contribution in [2.24, 2.45) is 7.05 Å². The Labute approximate surface area is 136 Å². The van der Waals surface area contributed by atoms with E-state index >= 15 is 0 Å². The van der Waals surface area contributed by atoms with Crippen LogP contribution in [0.25, 0.3) is 10.9 Å². The van der Waals surface area contributed by atoms with Crippen molar-refractivity contribution in [1.29, 1.82) is 0 Å². The molecule has 1 aromatic carbocycles. The minimum absolute atomic E-state index is 0.00139. The summed E-state index contributed by atoms with van der Waals surface area (Å²) in [6.45, 7) is 6.43. The quantitative estimate of drug-likeness (QED) is 0.938. The summed E-state index contributed by atoms with van der Waals surface area (Å²) in [5.41, 5.74) is 2.49. The number of nitrogens with zero attached hydrogens (tertiary/aromatic N) is 1. The number of fused-ring (bicyclic) bond motifs is 1. The smallest absolute Gasteiger partial charge is 0.264 e. The second-order valence-electron chi connectivity index (χ2n) is 7.31. The van der Waals surface area contributed by atoms with Crippen LogP contribution >= 0.6 is 0 Å². The van der Waals surface area contributed by atoms with Crippen LogP contribution in [-0.4, -0.2) is 24.1 Å². The van der Waals surface area contributed by atoms with Crippen LogP contribution in [0.4, 0.5) is 0 Å². The molecule has 1 aliphatic carbocycles. The van der Waals surface area contributed by atoms with Gasteiger partial charge in [-0.1, -0.05) is 26.8 Å². The molecule has 0 aliphatic heterocycles. The Morgan fingerprint density at radius 2 is 1.91 bits per heavy atom. The van der Waals surface area contributed by atoms with Gasteiger partial charge in [0.1, 0.15) is 0 Å². The topological polar surface area (TPSA) is 68.2 Å². The highest BCUT2D eigenvalue weighted by atomic mass is 32.2. The number of benzene rings is 1. The van der Waals surface area contributed by atoms with Crippen LogP contribution in [-0.2, 0) is 22.5 Å². The van der Waals surface area contributed by atoms with Crippen LogP contribution in [0.3, 0.4) is 0 Å². The number of amides is 1. The number of rotatable bonds is 3. The zero-order valence-electron chi connectivity index (χ0n) is 13.9. The van der Waals surface area contributed by atoms with Gasteiger partial charge in [0.15, 0.2) is 0 Å². The summed E-state index contributed by atoms with van der Waals surface area (Å²) in [7, 11) is -1.59. The van der Waals surface area contributed by atoms with Gasteiger partial charge >= 0.3 is 0 Å². The summed E-state index contributed by atoms with van der Waals surface area (Å²) < 4.78 is 28.0. The molecule has 23 heavy (non-hydrogen) atoms. The number of aromatic nitrogens is 1. The van der Waals surface area contributed by atoms with Crippen molar-refractivity contribution in [2.45, 2.75) is 44.3 Å². The number of nitrogens with one attached hydrogen (secondary N) is 1. The van der Waals surface area contributed by atoms with Gasteiger partial charge in [0.05, 0.1) is 5.25 Å². The Bertz CT molecular complexity index is 884. The SMILES string of the molecule is Cn1cc(C(C)(C)C)c2ccc(C(=O)NS(=O)(=O)C3CC3)cc21. The Balaban J connectivity index is 1.97. The van der Waals surface area contributed by atoms with Crippen LogP contribution in [0.15, 0.2) is 24.4 Å². The van der Waals surface area contributed by atoms with Crippen molar-refractivity contribution >= 4 is 26.8 Å². The van der Waals surface area contributed by atoms with E-state index in [2.05, 4.69) is 31.7 Å². The number of carbonyl (C=O) groups excluding carboxylic acids is 1. The largest absolute Gasteiger partial charge is 0.350 e. The first-order chi connectivity index (χ1) is 10.6. The minimum Gasteiger partial charge on any atom is -0.350 e. The lowest BCUT2D eigenvalue weighted by Crippen LogP contribution is -2.33. The molecule has 0 saturated heterocycles. The zero-order chi connectivity index (χ0) is 17.0. The molecule has 1 heterocycles. The van der Waals surface area contributed by atoms with Crippen molar-refractivity contribution in [2.75, 3.05) is 0 Å². The average molecular weight is 334 g/mol. The summed E-state index contributed by atoms with van der Waals surface area (Å²) in [6, 6.07) is 5.34. The lowest BCUT2D eigenvalue weighted by atomic mass is 9.87. The van der Waals surface area contributed by atoms with E-state index in [-0.39, 0.29) is 5.41 Å². The van der Waals surface area contributed by atoms with Gasteiger partial charge in [-0.15, -0.1) is 0 Å². The molecular weight excluding hydrogens is 312 g/mol. The maximum atomic E-state index is 12.3. The third kappa shape index (κ3) is 3.00. The molecule has 1 fully saturated rings. The Kier molecular flexibility index (Phi) is 3.55. The molecule has 124 valence electrons. The van der Waals surface area contributed by atoms with Gasteiger partial charge in [-0.25, -0.2) is 13.1 Å². The first kappa shape index (κ1) is 16.1. The molecule has 1 amide bonds. The van der Waals surface area contributed by atoms with Gasteiger partial charge in [0, 0.05) is 29.7 Å². The average Bonchev–Trinajstić information content (AvgIpc) is 3.23. The predicted octanol–water partition coefficient (Wildman–Crippen LogP) is 2.70. The van der Waals surface area contributed by atoms with E-state index in [0.29, 0.717) is 18.4 Å². The lowest BCUT2D eigenvalue weighted by Gasteiger charge is -2.17. The van der Waals surface area contributed by atoms with Crippen LogP contribution in [0, 0.1) is 0 Å². The van der Waals surface area contributed by atoms with E-state index in [4.69, 9.17) is 0 Å². The first-order valence-corrected chi connectivity index (χ1v) is 9.30. The van der Waals surface area contributed by atoms with Gasteiger partial charge in [0.25, 0.3) is 5.91 Å². The van der Waals surface area contributed by atoms with E-state index in [1.54, 1.807) is 12.1 Å². The molecule has 5 nitrogen and oxygen atoms in total. The van der Waals surface area contributed by atoms with E-state index in [1.165, 1.54) is 5.56 Å². The standard InChI is InChI=1S/C17H22N2O3S/c1-17(2,3)14-10-19(4)15-9-11(5-8-13(14)15)16(20)18-23(21,22)12-6-7-12/h5,8-10,12H,6-7H2,1-4H3,(H,18,20). The Morgan fingerprint density at radius 1 is 1.26 bits per heavy atom. The molecule has 1 aromatic heterocycles. The molecule has 0 spiro atoms. The normalized spacial score (nSPS) is 15.8. The maximum absolute atomic E-state index is 12.3. The second kappa shape index (κ2) is 5.09. The molecule has 0 bridgehead atoms. The van der Waals surface area contributed by atoms with E-state index in [9.17, 15) is 13.2 Å². The second-order valence-corrected chi connectivity index (χ2v) is 9.27. The highest BCUT2D eigenvalue weighted by molar-refractivity contribution is 7.91. The van der Waals surface area contributed by atoms with Gasteiger partial charge in [-0.05, 0) is 36.0 Å². The fraction of sp³-hybridized carbons (Fsp3) is 0.471. The number of carbonyl (C=O) groups is 1. The van der Waals surface area contributed by atoms with Crippen molar-refractivity contribution in [3.05, 3.63) is 35.5 Å². The molecule has 1 saturated carbocycles. The Morgan fingerprint density at radius 3 is 2.48 bits per heavy atom. The fourth-order valence-corrected chi connectivity index (χ4v) is 4.07. The number of hydrogen-bond donors (Lipinski definition) is 1. The Hall–Kier alpha value is -1.82. The molecule has 3 rings (SSSR count). The van der Waals surface area contributed by atoms with Crippen LogP contribution < -0.4 is 4.72 Å². The summed E-state index contributed by atoms with van der Waals surface area (Å²) in [5.74, 6) is -0.558. The summed E-state index contributed by atoms with van der Waals surface area (Å²) in [6.07, 6.45) is 3.33. The lowest BCUT2D eigenvalue weighted by molar-refractivity contribution is 0.0981. The fourth-order valence-electron chi connectivity index (χ4n) is 2.77. The van der Waals surface area contributed by atoms with Gasteiger partial charge < -0.3 is 4.57 Å². The minimum atomic E-state index is -3.52. The highest BCUT2D eigenvalue weighted by Gasteiger charge is 2.37. The van der Waals surface area contributed by atoms with Crippen molar-refractivity contribution in [3.8, 4) is 0 Å². The number of hydrogen-bond acceptors (Lipinski definition) is 3. The molecule has 2 aromatic rings. The van der Waals surface area contributed by atoms with E-state index in [0.717, 1.165) is 10.9 Å². The van der Waals surface area contributed by atoms with E-state index < -0.39 is 21.2 Å². The molecule has 0 atom stereocenters. The van der Waals surface area contributed by atoms with Gasteiger partial charge in [-0.2, -0.15) is 0 Å². The van der Waals surface area contributed by atoms with Crippen molar-refractivity contribution in [3.63, 3.8) is 0 Å². The van der Waals surface area contributed by atoms with Crippen LogP contribution in [0.2, 0.25) is 0 Å². The first-order valence-electron chi connectivity index (χ1n) is 7.75. The van der Waals surface area contributed by atoms with Crippen LogP contribution in [0.1, 0.15) is 49.5 Å². The highest BCUT2D eigenvalue weighted by Crippen LogP contribution is 2.32. The summed E-state index contributed by atoms with van der Waals surface area (Å²) in [5, 5.41) is 0.680. The van der Waals surface area contributed by atoms with Crippen molar-refractivity contribution < 1.29 is 13.2 Å². The third-order valence-corrected chi connectivity index (χ3v) is 6.08. The maximum Gasteiger partial charge on any atom is 0.264 e. The van der Waals surface area contributed by atoms with Gasteiger partial charge in [-0.3, -0.25) is 4.79 Å². The van der Waals surface area contributed by atoms with E-state index in [1.807, 2.05) is 17.7 Å². The summed E-state index contributed by atoms with van der Waals surface area (Å²) >= 11 is 0. The number of sulfonamides is 1. The molecule has 0 unspecified atom stereocenters. The molecule has 1 N–H and O–H groups in total. The predicted molar refractivity (Wildman–Crippen MR) is 91.0 cm³/mol. The van der Waals surface area contributed by atoms with Crippen LogP contribution in [0.5, 0.6) is 0 Å². The van der Waals surface area contributed by atoms with Crippen molar-refractivity contribution in [1.82, 2.24) is 9.29 Å². The monoisotopic (exact) mass is 334 g/mol. The summed E-state index contributed by atoms with van der Waals surface area (Å²) in [4.78, 5) is 12.3. The van der Waals surface area contributed by atoms with Gasteiger partial charge in [0.2, 0.25) is 10.0 Å². The molecule has 1 aliphatic rings.